The van der Waals surface area contributed by atoms with E-state index < -0.39 is 17.7 Å². The van der Waals surface area contributed by atoms with Crippen LogP contribution in [0.2, 0.25) is 0 Å². The zero-order valence-corrected chi connectivity index (χ0v) is 52.1. The van der Waals surface area contributed by atoms with Crippen molar-refractivity contribution in [3.63, 3.8) is 0 Å². The molecule has 101 heavy (non-hydrogen) atoms. The van der Waals surface area contributed by atoms with Gasteiger partial charge in [0.2, 0.25) is 71.3 Å². The number of aromatic nitrogens is 22. The third-order valence-corrected chi connectivity index (χ3v) is 24.4. The standard InChI is InChI=1S/C79H36N22/c1-3-39-9-15-49-55-63-75-57(61-73(55)92(31-25-86-61)77-90-29-23-82-45-35-43-59(84-21-19-80-43)53(71(45)90)47-13-7-37(1)65(96(47)77)67(39)98(49)77)51-17-11-41-5-6-42-12-18-52-58-62-74-56(64-76(58)95(34-28-89-64)79(94(75)33-27-88-63)100(51)69(41)70(42)101(52)79)50-16-10-40-4-2-38-8-14-48-54-60-44(81-20-22-85-60)36-46-72(54)91(30-24-83-46)78(93(74)32-26-87-62)97(48)66(38)68(40)99(50)78/h1-36H/q+12. The fourth-order valence-electron chi connectivity index (χ4n) is 21.4. The van der Waals surface area contributed by atoms with Crippen LogP contribution in [0.25, 0.3) is 221 Å². The molecule has 9 aliphatic heterocycles. The van der Waals surface area contributed by atoms with E-state index >= 15 is 0 Å². The molecule has 22 nitrogen and oxygen atoms in total. The Balaban J connectivity index is 0.776. The molecule has 3 spiro atoms. The third-order valence-electron chi connectivity index (χ3n) is 24.4. The monoisotopic (exact) mass is 1290 g/mol. The zero-order chi connectivity index (χ0) is 64.0. The van der Waals surface area contributed by atoms with Gasteiger partial charge in [0, 0.05) is 116 Å². The molecular formula is C79H36N22+12. The predicted molar refractivity (Wildman–Crippen MR) is 357 cm³/mol. The van der Waals surface area contributed by atoms with Crippen molar-refractivity contribution in [3.05, 3.63) is 220 Å². The first kappa shape index (κ1) is 47.6. The van der Waals surface area contributed by atoms with E-state index in [1.54, 1.807) is 24.8 Å². The van der Waals surface area contributed by atoms with Gasteiger partial charge >= 0.3 is 50.8 Å². The van der Waals surface area contributed by atoms with Gasteiger partial charge in [-0.15, -0.1) is 0 Å². The lowest BCUT2D eigenvalue weighted by atomic mass is 9.93. The summed E-state index contributed by atoms with van der Waals surface area (Å²) in [5.74, 6) is -3.44. The van der Waals surface area contributed by atoms with Crippen molar-refractivity contribution in [2.24, 2.45) is 0 Å². The van der Waals surface area contributed by atoms with Gasteiger partial charge in [-0.3, -0.25) is 19.9 Å². The highest BCUT2D eigenvalue weighted by molar-refractivity contribution is 6.18. The summed E-state index contributed by atoms with van der Waals surface area (Å²) in [5.41, 5.74) is 32.4. The summed E-state index contributed by atoms with van der Waals surface area (Å²) in [6, 6.07) is 45.3. The van der Waals surface area contributed by atoms with E-state index in [9.17, 15) is 0 Å². The summed E-state index contributed by atoms with van der Waals surface area (Å²) >= 11 is 0. The Morgan fingerprint density at radius 1 is 0.188 bits per heavy atom. The van der Waals surface area contributed by atoms with E-state index in [1.165, 1.54) is 0 Å². The van der Waals surface area contributed by atoms with E-state index in [4.69, 9.17) is 49.8 Å². The second kappa shape index (κ2) is 14.5. The molecule has 2 atom stereocenters. The lowest BCUT2D eigenvalue weighted by molar-refractivity contribution is -1.29. The Morgan fingerprint density at radius 2 is 0.396 bits per heavy atom. The maximum Gasteiger partial charge on any atom is 0.770 e. The largest absolute Gasteiger partial charge is 0.770 e. The predicted octanol–water partition coefficient (Wildman–Crippen LogP) is 4.69. The van der Waals surface area contributed by atoms with Crippen molar-refractivity contribution in [1.29, 1.82) is 0 Å². The van der Waals surface area contributed by atoms with Crippen LogP contribution in [0, 0.1) is 0 Å². The SMILES string of the molecule is c1cnc2c3c4c(cc2n1)ncc[n+]4C12[n+]4ccnc5c6c7c(ncc[n+]7C78[n+]9ccnc%10c%11c%12c(ncc[n+]%12C%12%13[n+]%14ccnc%15cc%16nccnc%16c(c%15%14)-c%14ccc%15ccc%16ccc-%11[n+]%12c%16c%15[n+]%14%13)c(c%109)-c9ccc%10ccc%11ccc-6[n+]7c%11c%10[n+]98)c(c54)-c4ccc5ccc6ccc-3[n+]1c6c5[n+]42. The average molecular weight is 1290 g/mol. The summed E-state index contributed by atoms with van der Waals surface area (Å²) < 4.78 is 30.3. The van der Waals surface area contributed by atoms with Crippen LogP contribution in [0.15, 0.2) is 220 Å². The van der Waals surface area contributed by atoms with Crippen LogP contribution in [0.3, 0.4) is 0 Å². The lowest BCUT2D eigenvalue weighted by Crippen LogP contribution is -2.99. The summed E-state index contributed by atoms with van der Waals surface area (Å²) in [6.07, 6.45) is 32.1. The topological polar surface area (TPSA) is 175 Å². The van der Waals surface area contributed by atoms with Crippen molar-refractivity contribution in [2.75, 3.05) is 0 Å². The van der Waals surface area contributed by atoms with E-state index in [-0.39, 0.29) is 0 Å². The van der Waals surface area contributed by atoms with E-state index in [0.29, 0.717) is 0 Å². The number of fused-ring (bicyclic) bond motifs is 14. The molecule has 0 saturated carbocycles. The van der Waals surface area contributed by atoms with Crippen molar-refractivity contribution >= 4 is 154 Å². The summed E-state index contributed by atoms with van der Waals surface area (Å²) in [4.78, 5) is 53.1. The van der Waals surface area contributed by atoms with Gasteiger partial charge < -0.3 is 0 Å². The molecule has 7 aromatic carbocycles. The second-order valence-electron chi connectivity index (χ2n) is 28.1. The van der Waals surface area contributed by atoms with Crippen LogP contribution in [0.4, 0.5) is 0 Å². The first-order valence-electron chi connectivity index (χ1n) is 33.8. The first-order chi connectivity index (χ1) is 50.1. The number of nitrogens with zero attached hydrogens (tertiary/aromatic N) is 22. The van der Waals surface area contributed by atoms with E-state index in [0.717, 1.165) is 221 Å². The smallest absolute Gasteiger partial charge is 0.253 e. The molecule has 0 saturated heterocycles. The minimum Gasteiger partial charge on any atom is -0.253 e. The molecule has 0 radical (unpaired) electrons. The van der Waals surface area contributed by atoms with Gasteiger partial charge in [-0.2, -0.15) is 0 Å². The van der Waals surface area contributed by atoms with Crippen LogP contribution < -0.4 is 54.8 Å². The minimum atomic E-state index is -1.22. The molecule has 2 unspecified atom stereocenters. The molecule has 0 amide bonds. The Morgan fingerprint density at radius 3 is 0.673 bits per heavy atom. The van der Waals surface area contributed by atoms with Gasteiger partial charge in [-0.1, -0.05) is 0 Å². The minimum absolute atomic E-state index is 0.787. The summed E-state index contributed by atoms with van der Waals surface area (Å²) in [6.45, 7) is 0. The van der Waals surface area contributed by atoms with Crippen molar-refractivity contribution in [2.45, 2.75) is 17.7 Å². The number of benzene rings is 7. The molecule has 450 valence electrons. The number of hydrogen-bond donors (Lipinski definition) is 0. The van der Waals surface area contributed by atoms with Crippen molar-refractivity contribution in [3.8, 4) is 67.5 Å². The second-order valence-corrected chi connectivity index (χ2v) is 28.1. The van der Waals surface area contributed by atoms with Crippen LogP contribution in [0.1, 0.15) is 0 Å². The Labute approximate surface area is 561 Å². The van der Waals surface area contributed by atoms with Gasteiger partial charge in [0.05, 0.1) is 80.5 Å². The summed E-state index contributed by atoms with van der Waals surface area (Å²) in [5, 5.41) is 6.67. The molecule has 0 aliphatic carbocycles. The highest BCUT2D eigenvalue weighted by Gasteiger charge is 2.87. The molecule has 0 fully saturated rings. The molecule has 0 bridgehead atoms. The van der Waals surface area contributed by atoms with Crippen LogP contribution >= 0.6 is 0 Å². The van der Waals surface area contributed by atoms with Crippen molar-refractivity contribution in [1.82, 2.24) is 49.8 Å². The van der Waals surface area contributed by atoms with Crippen molar-refractivity contribution < 1.29 is 54.8 Å². The molecule has 14 aromatic heterocycles. The normalized spacial score (nSPS) is 18.6. The Hall–Kier alpha value is -14.3. The summed E-state index contributed by atoms with van der Waals surface area (Å²) in [7, 11) is 0. The maximum atomic E-state index is 5.73. The molecule has 23 heterocycles. The van der Waals surface area contributed by atoms with Gasteiger partial charge in [0.1, 0.15) is 33.2 Å². The zero-order valence-electron chi connectivity index (χ0n) is 52.1. The maximum absolute atomic E-state index is 5.73. The molecule has 21 aromatic rings. The highest BCUT2D eigenvalue weighted by Crippen LogP contribution is 2.51. The van der Waals surface area contributed by atoms with Gasteiger partial charge in [-0.05, 0) is 84.9 Å². The van der Waals surface area contributed by atoms with Gasteiger partial charge in [0.25, 0.3) is 33.1 Å². The lowest BCUT2D eigenvalue weighted by Gasteiger charge is -2.24. The Bertz CT molecular complexity index is 7730. The van der Waals surface area contributed by atoms with Crippen LogP contribution in [-0.4, -0.2) is 49.8 Å². The molecule has 0 N–H and O–H groups in total. The molecular weight excluding hydrogens is 1260 g/mol. The molecule has 9 aliphatic rings. The van der Waals surface area contributed by atoms with E-state index in [2.05, 4.69) is 213 Å². The van der Waals surface area contributed by atoms with Gasteiger partial charge in [0.15, 0.2) is 44.3 Å². The molecule has 22 heteroatoms. The first-order valence-corrected chi connectivity index (χ1v) is 33.8. The number of hydrogen-bond acceptors (Lipinski definition) is 10. The van der Waals surface area contributed by atoms with Gasteiger partial charge in [-0.25, -0.2) is 29.9 Å². The fourth-order valence-corrected chi connectivity index (χ4v) is 21.4. The fraction of sp³-hybridized carbons (Fsp3) is 0.0380. The number of rotatable bonds is 0. The highest BCUT2D eigenvalue weighted by atomic mass is 15.6. The molecule has 30 rings (SSSR count). The average Bonchev–Trinajstić information content (AvgIpc) is 1.56. The number of pyridine rings is 6. The quantitative estimate of drug-likeness (QED) is 0.118. The van der Waals surface area contributed by atoms with E-state index in [1.807, 2.05) is 37.2 Å². The Kier molecular flexibility index (Phi) is 6.85. The van der Waals surface area contributed by atoms with Crippen LogP contribution in [-0.2, 0) is 17.7 Å². The third kappa shape index (κ3) is 4.32. The van der Waals surface area contributed by atoms with Crippen LogP contribution in [0.5, 0.6) is 0 Å².